The molecule has 2 amide bonds. The van der Waals surface area contributed by atoms with Crippen LogP contribution in [0.25, 0.3) is 0 Å². The first-order chi connectivity index (χ1) is 9.28. The standard InChI is InChI=1S/C11H10BrF3N2O3/c12-8-3-1-7(2-4-8)10(19)17-16-9(18)5-20-6-11(13,14)15/h1-4H,5-6H2,(H,16,18)(H,17,19). The van der Waals surface area contributed by atoms with E-state index in [0.717, 1.165) is 4.47 Å². The molecule has 0 aliphatic rings. The molecular formula is C11H10BrF3N2O3. The van der Waals surface area contributed by atoms with Crippen molar-refractivity contribution in [3.05, 3.63) is 34.3 Å². The lowest BCUT2D eigenvalue weighted by molar-refractivity contribution is -0.175. The highest BCUT2D eigenvalue weighted by atomic mass is 79.9. The Labute approximate surface area is 120 Å². The summed E-state index contributed by atoms with van der Waals surface area (Å²) in [7, 11) is 0. The minimum absolute atomic E-state index is 0.282. The van der Waals surface area contributed by atoms with E-state index in [1.165, 1.54) is 12.1 Å². The lowest BCUT2D eigenvalue weighted by atomic mass is 10.2. The molecule has 0 aliphatic carbocycles. The third-order valence-electron chi connectivity index (χ3n) is 1.92. The van der Waals surface area contributed by atoms with Crippen molar-refractivity contribution in [2.75, 3.05) is 13.2 Å². The van der Waals surface area contributed by atoms with Gasteiger partial charge in [-0.3, -0.25) is 20.4 Å². The van der Waals surface area contributed by atoms with E-state index >= 15 is 0 Å². The van der Waals surface area contributed by atoms with Crippen LogP contribution < -0.4 is 10.9 Å². The predicted octanol–water partition coefficient (Wildman–Crippen LogP) is 1.79. The van der Waals surface area contributed by atoms with Gasteiger partial charge < -0.3 is 4.74 Å². The molecule has 0 atom stereocenters. The second-order valence-electron chi connectivity index (χ2n) is 3.62. The molecular weight excluding hydrogens is 345 g/mol. The van der Waals surface area contributed by atoms with Gasteiger partial charge in [0, 0.05) is 10.0 Å². The zero-order chi connectivity index (χ0) is 15.2. The highest BCUT2D eigenvalue weighted by molar-refractivity contribution is 9.10. The predicted molar refractivity (Wildman–Crippen MR) is 66.6 cm³/mol. The molecule has 0 saturated heterocycles. The summed E-state index contributed by atoms with van der Waals surface area (Å²) in [5.74, 6) is -1.48. The fraction of sp³-hybridized carbons (Fsp3) is 0.273. The quantitative estimate of drug-likeness (QED) is 0.810. The normalized spacial score (nSPS) is 11.0. The van der Waals surface area contributed by atoms with E-state index in [4.69, 9.17) is 0 Å². The van der Waals surface area contributed by atoms with Gasteiger partial charge in [-0.2, -0.15) is 13.2 Å². The Bertz CT molecular complexity index is 477. The van der Waals surface area contributed by atoms with Gasteiger partial charge >= 0.3 is 6.18 Å². The van der Waals surface area contributed by atoms with E-state index in [1.54, 1.807) is 12.1 Å². The number of halogens is 4. The van der Waals surface area contributed by atoms with Gasteiger partial charge in [0.1, 0.15) is 13.2 Å². The molecule has 1 aromatic carbocycles. The topological polar surface area (TPSA) is 67.4 Å². The molecule has 0 radical (unpaired) electrons. The number of rotatable bonds is 4. The van der Waals surface area contributed by atoms with E-state index in [0.29, 0.717) is 0 Å². The second kappa shape index (κ2) is 7.25. The number of hydrazine groups is 1. The largest absolute Gasteiger partial charge is 0.411 e. The van der Waals surface area contributed by atoms with E-state index in [2.05, 4.69) is 26.1 Å². The Balaban J connectivity index is 2.30. The third-order valence-corrected chi connectivity index (χ3v) is 2.45. The molecule has 9 heteroatoms. The van der Waals surface area contributed by atoms with Gasteiger partial charge in [0.2, 0.25) is 0 Å². The van der Waals surface area contributed by atoms with Gasteiger partial charge in [-0.1, -0.05) is 15.9 Å². The molecule has 0 fully saturated rings. The van der Waals surface area contributed by atoms with Crippen LogP contribution in [0.3, 0.4) is 0 Å². The van der Waals surface area contributed by atoms with Crippen LogP contribution in [0.4, 0.5) is 13.2 Å². The number of alkyl halides is 3. The van der Waals surface area contributed by atoms with Gasteiger partial charge in [0.15, 0.2) is 0 Å². The minimum Gasteiger partial charge on any atom is -0.362 e. The summed E-state index contributed by atoms with van der Waals surface area (Å²) in [5.41, 5.74) is 4.27. The molecule has 2 N–H and O–H groups in total. The van der Waals surface area contributed by atoms with Crippen LogP contribution in [0.2, 0.25) is 0 Å². The Kier molecular flexibility index (Phi) is 5.96. The van der Waals surface area contributed by atoms with Gasteiger partial charge in [0.25, 0.3) is 11.8 Å². The third kappa shape index (κ3) is 6.53. The molecule has 20 heavy (non-hydrogen) atoms. The maximum Gasteiger partial charge on any atom is 0.411 e. The Morgan fingerprint density at radius 2 is 1.75 bits per heavy atom. The van der Waals surface area contributed by atoms with Crippen LogP contribution in [-0.2, 0) is 9.53 Å². The zero-order valence-corrected chi connectivity index (χ0v) is 11.5. The number of ether oxygens (including phenoxy) is 1. The average molecular weight is 355 g/mol. The minimum atomic E-state index is -4.50. The number of carbonyl (C=O) groups excluding carboxylic acids is 2. The molecule has 0 saturated carbocycles. The number of benzene rings is 1. The number of amides is 2. The summed E-state index contributed by atoms with van der Waals surface area (Å²) in [6.07, 6.45) is -4.50. The second-order valence-corrected chi connectivity index (χ2v) is 4.53. The Hall–Kier alpha value is -1.61. The van der Waals surface area contributed by atoms with E-state index in [9.17, 15) is 22.8 Å². The van der Waals surface area contributed by atoms with Crippen molar-refractivity contribution in [1.29, 1.82) is 0 Å². The van der Waals surface area contributed by atoms with Crippen molar-refractivity contribution in [2.24, 2.45) is 0 Å². The molecule has 0 aromatic heterocycles. The monoisotopic (exact) mass is 354 g/mol. The van der Waals surface area contributed by atoms with Crippen LogP contribution in [-0.4, -0.2) is 31.2 Å². The van der Waals surface area contributed by atoms with Crippen LogP contribution in [0.1, 0.15) is 10.4 Å². The van der Waals surface area contributed by atoms with Gasteiger partial charge in [0.05, 0.1) is 0 Å². The number of carbonyl (C=O) groups is 2. The van der Waals surface area contributed by atoms with Crippen molar-refractivity contribution in [2.45, 2.75) is 6.18 Å². The number of hydrogen-bond donors (Lipinski definition) is 2. The van der Waals surface area contributed by atoms with Crippen LogP contribution in [0.5, 0.6) is 0 Å². The van der Waals surface area contributed by atoms with Crippen LogP contribution >= 0.6 is 15.9 Å². The molecule has 0 unspecified atom stereocenters. The summed E-state index contributed by atoms with van der Waals surface area (Å²) >= 11 is 3.19. The molecule has 0 bridgehead atoms. The van der Waals surface area contributed by atoms with Crippen molar-refractivity contribution in [1.82, 2.24) is 10.9 Å². The molecule has 0 aliphatic heterocycles. The summed E-state index contributed by atoms with van der Waals surface area (Å²) in [5, 5.41) is 0. The van der Waals surface area contributed by atoms with Crippen molar-refractivity contribution < 1.29 is 27.5 Å². The van der Waals surface area contributed by atoms with Gasteiger partial charge in [-0.15, -0.1) is 0 Å². The average Bonchev–Trinajstić information content (AvgIpc) is 2.35. The highest BCUT2D eigenvalue weighted by Gasteiger charge is 2.27. The summed E-state index contributed by atoms with van der Waals surface area (Å²) in [4.78, 5) is 22.6. The first kappa shape index (κ1) is 16.4. The lowest BCUT2D eigenvalue weighted by Gasteiger charge is -2.09. The zero-order valence-electron chi connectivity index (χ0n) is 9.96. The van der Waals surface area contributed by atoms with Gasteiger partial charge in [-0.25, -0.2) is 0 Å². The van der Waals surface area contributed by atoms with Gasteiger partial charge in [-0.05, 0) is 24.3 Å². The molecule has 5 nitrogen and oxygen atoms in total. The number of nitrogens with one attached hydrogen (secondary N) is 2. The molecule has 110 valence electrons. The lowest BCUT2D eigenvalue weighted by Crippen LogP contribution is -2.43. The summed E-state index contributed by atoms with van der Waals surface area (Å²) in [6, 6.07) is 6.27. The summed E-state index contributed by atoms with van der Waals surface area (Å²) < 4.78 is 40.1. The van der Waals surface area contributed by atoms with E-state index in [1.807, 2.05) is 5.43 Å². The SMILES string of the molecule is O=C(COCC(F)(F)F)NNC(=O)c1ccc(Br)cc1. The fourth-order valence-corrected chi connectivity index (χ4v) is 1.36. The van der Waals surface area contributed by atoms with Crippen molar-refractivity contribution >= 4 is 27.7 Å². The van der Waals surface area contributed by atoms with E-state index < -0.39 is 31.2 Å². The molecule has 1 aromatic rings. The molecule has 0 spiro atoms. The fourth-order valence-electron chi connectivity index (χ4n) is 1.10. The molecule has 1 rings (SSSR count). The first-order valence-corrected chi connectivity index (χ1v) is 6.06. The van der Waals surface area contributed by atoms with E-state index in [-0.39, 0.29) is 5.56 Å². The Morgan fingerprint density at radius 1 is 1.15 bits per heavy atom. The van der Waals surface area contributed by atoms with Crippen LogP contribution in [0, 0.1) is 0 Å². The van der Waals surface area contributed by atoms with Crippen molar-refractivity contribution in [3.8, 4) is 0 Å². The number of hydrogen-bond acceptors (Lipinski definition) is 3. The Morgan fingerprint density at radius 3 is 2.30 bits per heavy atom. The smallest absolute Gasteiger partial charge is 0.362 e. The first-order valence-electron chi connectivity index (χ1n) is 5.27. The maximum atomic E-state index is 11.7. The van der Waals surface area contributed by atoms with Crippen LogP contribution in [0.15, 0.2) is 28.7 Å². The van der Waals surface area contributed by atoms with Crippen molar-refractivity contribution in [3.63, 3.8) is 0 Å². The highest BCUT2D eigenvalue weighted by Crippen LogP contribution is 2.14. The maximum absolute atomic E-state index is 11.7. The molecule has 0 heterocycles. The summed E-state index contributed by atoms with van der Waals surface area (Å²) in [6.45, 7) is -2.33.